The monoisotopic (exact) mass is 347 g/mol. The fraction of sp³-hybridized carbons (Fsp3) is 0.600. The number of hydrogen-bond acceptors (Lipinski definition) is 4. The number of carbonyl (C=O) groups is 2. The predicted octanol–water partition coefficient (Wildman–Crippen LogP) is 3.45. The molecule has 0 radical (unpaired) electrons. The Bertz CT molecular complexity index is 633. The molecule has 0 bridgehead atoms. The second-order valence-corrected chi connectivity index (χ2v) is 7.65. The van der Waals surface area contributed by atoms with Crippen LogP contribution in [0.3, 0.4) is 0 Å². The van der Waals surface area contributed by atoms with E-state index in [1.165, 1.54) is 0 Å². The molecule has 0 saturated carbocycles. The minimum Gasteiger partial charge on any atom is -0.456 e. The molecule has 0 N–H and O–H groups in total. The summed E-state index contributed by atoms with van der Waals surface area (Å²) in [4.78, 5) is 27.0. The lowest BCUT2D eigenvalue weighted by Gasteiger charge is -2.20. The van der Waals surface area contributed by atoms with Gasteiger partial charge in [0.15, 0.2) is 0 Å². The molecule has 2 rings (SSSR count). The van der Waals surface area contributed by atoms with Crippen LogP contribution in [0.1, 0.15) is 60.4 Å². The van der Waals surface area contributed by atoms with E-state index >= 15 is 0 Å². The summed E-state index contributed by atoms with van der Waals surface area (Å²) in [6.07, 6.45) is 0.955. The molecule has 138 valence electrons. The summed E-state index contributed by atoms with van der Waals surface area (Å²) in [7, 11) is 0. The summed E-state index contributed by atoms with van der Waals surface area (Å²) in [6.45, 7) is 12.2. The quantitative estimate of drug-likeness (QED) is 0.766. The molecule has 0 unspecified atom stereocenters. The second-order valence-electron chi connectivity index (χ2n) is 7.65. The first-order valence-electron chi connectivity index (χ1n) is 8.91. The fourth-order valence-electron chi connectivity index (χ4n) is 2.98. The Morgan fingerprint density at radius 3 is 2.52 bits per heavy atom. The number of rotatable bonds is 5. The molecule has 0 aliphatic carbocycles. The Hall–Kier alpha value is -1.88. The van der Waals surface area contributed by atoms with Gasteiger partial charge in [-0.15, -0.1) is 0 Å². The van der Waals surface area contributed by atoms with Gasteiger partial charge in [-0.25, -0.2) is 4.79 Å². The number of esters is 1. The Kier molecular flexibility index (Phi) is 6.22. The van der Waals surface area contributed by atoms with Crippen molar-refractivity contribution < 1.29 is 19.1 Å². The molecule has 1 aliphatic rings. The molecule has 1 aliphatic heterocycles. The number of hydrogen-bond donors (Lipinski definition) is 0. The van der Waals surface area contributed by atoms with Crippen LogP contribution in [0.15, 0.2) is 18.2 Å². The van der Waals surface area contributed by atoms with Gasteiger partial charge in [0, 0.05) is 31.2 Å². The van der Waals surface area contributed by atoms with E-state index in [2.05, 4.69) is 0 Å². The van der Waals surface area contributed by atoms with Gasteiger partial charge in [0.25, 0.3) is 5.91 Å². The SMILES string of the molecule is CCOC[C@H]1CCN(C(=O)c2cc(C)cc(C(=O)OC(C)(C)C)c2)C1. The van der Waals surface area contributed by atoms with Crippen molar-refractivity contribution in [2.24, 2.45) is 5.92 Å². The summed E-state index contributed by atoms with van der Waals surface area (Å²) in [5.74, 6) is -0.0487. The topological polar surface area (TPSA) is 55.8 Å². The first kappa shape index (κ1) is 19.4. The molecule has 0 spiro atoms. The molecule has 1 fully saturated rings. The summed E-state index contributed by atoms with van der Waals surface area (Å²) in [6, 6.07) is 5.22. The van der Waals surface area contributed by atoms with Crippen molar-refractivity contribution in [1.82, 2.24) is 4.90 Å². The van der Waals surface area contributed by atoms with Gasteiger partial charge in [0.1, 0.15) is 5.60 Å². The van der Waals surface area contributed by atoms with Gasteiger partial charge in [0.05, 0.1) is 12.2 Å². The summed E-state index contributed by atoms with van der Waals surface area (Å²) >= 11 is 0. The van der Waals surface area contributed by atoms with Crippen LogP contribution < -0.4 is 0 Å². The van der Waals surface area contributed by atoms with Gasteiger partial charge >= 0.3 is 5.97 Å². The van der Waals surface area contributed by atoms with Gasteiger partial charge in [-0.05, 0) is 64.8 Å². The lowest BCUT2D eigenvalue weighted by Crippen LogP contribution is -2.30. The van der Waals surface area contributed by atoms with E-state index < -0.39 is 11.6 Å². The Balaban J connectivity index is 2.11. The minimum absolute atomic E-state index is 0.0347. The third-order valence-corrected chi connectivity index (χ3v) is 4.09. The van der Waals surface area contributed by atoms with E-state index in [0.29, 0.717) is 36.8 Å². The zero-order valence-electron chi connectivity index (χ0n) is 15.9. The van der Waals surface area contributed by atoms with Crippen LogP contribution in [-0.2, 0) is 9.47 Å². The van der Waals surface area contributed by atoms with E-state index in [-0.39, 0.29) is 5.91 Å². The molecular formula is C20H29NO4. The molecule has 1 aromatic rings. The Morgan fingerprint density at radius 1 is 1.20 bits per heavy atom. The van der Waals surface area contributed by atoms with Crippen LogP contribution >= 0.6 is 0 Å². The number of aryl methyl sites for hydroxylation is 1. The first-order chi connectivity index (χ1) is 11.7. The number of likely N-dealkylation sites (tertiary alicyclic amines) is 1. The maximum atomic E-state index is 12.8. The maximum absolute atomic E-state index is 12.8. The van der Waals surface area contributed by atoms with Gasteiger partial charge in [0.2, 0.25) is 0 Å². The van der Waals surface area contributed by atoms with Gasteiger partial charge in [-0.2, -0.15) is 0 Å². The molecule has 1 aromatic carbocycles. The van der Waals surface area contributed by atoms with E-state index in [1.807, 2.05) is 45.6 Å². The normalized spacial score (nSPS) is 17.6. The van der Waals surface area contributed by atoms with Crippen molar-refractivity contribution in [2.75, 3.05) is 26.3 Å². The number of benzene rings is 1. The number of nitrogens with zero attached hydrogens (tertiary/aromatic N) is 1. The van der Waals surface area contributed by atoms with Crippen molar-refractivity contribution in [1.29, 1.82) is 0 Å². The largest absolute Gasteiger partial charge is 0.456 e. The van der Waals surface area contributed by atoms with Crippen LogP contribution in [0.4, 0.5) is 0 Å². The first-order valence-corrected chi connectivity index (χ1v) is 8.91. The van der Waals surface area contributed by atoms with Gasteiger partial charge in [-0.1, -0.05) is 0 Å². The number of ether oxygens (including phenoxy) is 2. The molecule has 1 atom stereocenters. The molecular weight excluding hydrogens is 318 g/mol. The molecule has 5 heteroatoms. The van der Waals surface area contributed by atoms with Crippen molar-refractivity contribution >= 4 is 11.9 Å². The average Bonchev–Trinajstić information content (AvgIpc) is 2.98. The highest BCUT2D eigenvalue weighted by Gasteiger charge is 2.28. The second kappa shape index (κ2) is 8.00. The highest BCUT2D eigenvalue weighted by molar-refractivity contribution is 5.98. The third kappa shape index (κ3) is 5.56. The van der Waals surface area contributed by atoms with Crippen LogP contribution in [0, 0.1) is 12.8 Å². The number of amides is 1. The zero-order chi connectivity index (χ0) is 18.6. The van der Waals surface area contributed by atoms with Crippen molar-refractivity contribution in [3.05, 3.63) is 34.9 Å². The number of carbonyl (C=O) groups excluding carboxylic acids is 2. The van der Waals surface area contributed by atoms with Crippen molar-refractivity contribution in [3.63, 3.8) is 0 Å². The van der Waals surface area contributed by atoms with Crippen molar-refractivity contribution in [3.8, 4) is 0 Å². The molecule has 1 amide bonds. The maximum Gasteiger partial charge on any atom is 0.338 e. The predicted molar refractivity (Wildman–Crippen MR) is 96.9 cm³/mol. The Morgan fingerprint density at radius 2 is 1.88 bits per heavy atom. The summed E-state index contributed by atoms with van der Waals surface area (Å²) in [5, 5.41) is 0. The van der Waals surface area contributed by atoms with Crippen LogP contribution in [0.2, 0.25) is 0 Å². The van der Waals surface area contributed by atoms with Gasteiger partial charge < -0.3 is 14.4 Å². The van der Waals surface area contributed by atoms with Crippen LogP contribution in [0.25, 0.3) is 0 Å². The fourth-order valence-corrected chi connectivity index (χ4v) is 2.98. The lowest BCUT2D eigenvalue weighted by molar-refractivity contribution is 0.00694. The zero-order valence-corrected chi connectivity index (χ0v) is 15.9. The molecule has 5 nitrogen and oxygen atoms in total. The van der Waals surface area contributed by atoms with Crippen LogP contribution in [-0.4, -0.2) is 48.7 Å². The average molecular weight is 347 g/mol. The molecule has 25 heavy (non-hydrogen) atoms. The van der Waals surface area contributed by atoms with Crippen molar-refractivity contribution in [2.45, 2.75) is 46.6 Å². The molecule has 1 heterocycles. The van der Waals surface area contributed by atoms with Gasteiger partial charge in [-0.3, -0.25) is 4.79 Å². The minimum atomic E-state index is -0.563. The highest BCUT2D eigenvalue weighted by atomic mass is 16.6. The van der Waals surface area contributed by atoms with E-state index in [9.17, 15) is 9.59 Å². The van der Waals surface area contributed by atoms with E-state index in [1.54, 1.807) is 12.1 Å². The van der Waals surface area contributed by atoms with E-state index in [0.717, 1.165) is 18.5 Å². The lowest BCUT2D eigenvalue weighted by atomic mass is 10.0. The summed E-state index contributed by atoms with van der Waals surface area (Å²) < 4.78 is 10.9. The standard InChI is InChI=1S/C20H29NO4/c1-6-24-13-15-7-8-21(12-15)18(22)16-9-14(2)10-17(11-16)19(23)25-20(3,4)5/h9-11,15H,6-8,12-13H2,1-5H3/t15-/m0/s1. The molecule has 1 saturated heterocycles. The Labute approximate surface area is 150 Å². The van der Waals surface area contributed by atoms with E-state index in [4.69, 9.17) is 9.47 Å². The summed E-state index contributed by atoms with van der Waals surface area (Å²) in [5.41, 5.74) is 1.27. The smallest absolute Gasteiger partial charge is 0.338 e. The van der Waals surface area contributed by atoms with Crippen LogP contribution in [0.5, 0.6) is 0 Å². The third-order valence-electron chi connectivity index (χ3n) is 4.09. The highest BCUT2D eigenvalue weighted by Crippen LogP contribution is 2.21. The molecule has 0 aromatic heterocycles.